The highest BCUT2D eigenvalue weighted by atomic mass is 16.1. The first-order valence-corrected chi connectivity index (χ1v) is 1.63. The summed E-state index contributed by atoms with van der Waals surface area (Å²) < 4.78 is 0. The van der Waals surface area contributed by atoms with Crippen molar-refractivity contribution in [2.75, 3.05) is 0 Å². The molecule has 1 radical (unpaired) electrons. The Labute approximate surface area is 40.9 Å². The standard InChI is InChI=1S/C3H5N2O2/c6-2-4-1-5-3-7/h1-3H,(H,4,6)(H,5,7). The lowest BCUT2D eigenvalue weighted by molar-refractivity contribution is -0.110. The van der Waals surface area contributed by atoms with Gasteiger partial charge in [0.25, 0.3) is 0 Å². The van der Waals surface area contributed by atoms with Crippen LogP contribution < -0.4 is 10.6 Å². The monoisotopic (exact) mass is 101 g/mol. The molecule has 0 aromatic carbocycles. The average molecular weight is 101 g/mol. The first-order chi connectivity index (χ1) is 3.41. The van der Waals surface area contributed by atoms with Crippen molar-refractivity contribution in [1.29, 1.82) is 0 Å². The van der Waals surface area contributed by atoms with Crippen LogP contribution in [-0.2, 0) is 9.59 Å². The topological polar surface area (TPSA) is 58.2 Å². The van der Waals surface area contributed by atoms with Gasteiger partial charge in [0.15, 0.2) is 0 Å². The predicted molar refractivity (Wildman–Crippen MR) is 22.7 cm³/mol. The normalized spacial score (nSPS) is 6.86. The molecule has 0 aromatic rings. The van der Waals surface area contributed by atoms with E-state index < -0.39 is 0 Å². The van der Waals surface area contributed by atoms with Crippen molar-refractivity contribution in [2.24, 2.45) is 0 Å². The van der Waals surface area contributed by atoms with Crippen LogP contribution in [-0.4, -0.2) is 12.8 Å². The summed E-state index contributed by atoms with van der Waals surface area (Å²) in [5.41, 5.74) is 0. The maximum absolute atomic E-state index is 9.38. The molecule has 0 atom stereocenters. The molecule has 0 aliphatic rings. The number of hydrogen-bond donors (Lipinski definition) is 2. The first-order valence-electron chi connectivity index (χ1n) is 1.63. The number of amides is 2. The van der Waals surface area contributed by atoms with Crippen molar-refractivity contribution < 1.29 is 9.59 Å². The molecule has 0 spiro atoms. The molecule has 2 N–H and O–H groups in total. The summed E-state index contributed by atoms with van der Waals surface area (Å²) in [7, 11) is 0. The Balaban J connectivity index is 2.68. The molecule has 0 bridgehead atoms. The molecule has 0 saturated carbocycles. The van der Waals surface area contributed by atoms with Gasteiger partial charge in [-0.3, -0.25) is 9.59 Å². The second-order valence-corrected chi connectivity index (χ2v) is 0.713. The van der Waals surface area contributed by atoms with Crippen molar-refractivity contribution in [3.63, 3.8) is 0 Å². The molecule has 2 amide bonds. The lowest BCUT2D eigenvalue weighted by Gasteiger charge is -1.88. The lowest BCUT2D eigenvalue weighted by atomic mass is 11.0. The van der Waals surface area contributed by atoms with Crippen LogP contribution in [0.25, 0.3) is 0 Å². The smallest absolute Gasteiger partial charge is 0.208 e. The van der Waals surface area contributed by atoms with Crippen LogP contribution in [0.3, 0.4) is 0 Å². The van der Waals surface area contributed by atoms with E-state index in [1.165, 1.54) is 0 Å². The van der Waals surface area contributed by atoms with E-state index in [4.69, 9.17) is 0 Å². The number of carbonyl (C=O) groups is 2. The van der Waals surface area contributed by atoms with Gasteiger partial charge in [-0.05, 0) is 0 Å². The average Bonchev–Trinajstić information content (AvgIpc) is 1.69. The van der Waals surface area contributed by atoms with E-state index >= 15 is 0 Å². The first kappa shape index (κ1) is 5.94. The van der Waals surface area contributed by atoms with E-state index in [1.807, 2.05) is 0 Å². The van der Waals surface area contributed by atoms with E-state index in [1.54, 1.807) is 0 Å². The Morgan fingerprint density at radius 3 is 1.71 bits per heavy atom. The van der Waals surface area contributed by atoms with Gasteiger partial charge in [0.1, 0.15) is 6.67 Å². The van der Waals surface area contributed by atoms with Crippen LogP contribution in [0.2, 0.25) is 0 Å². The minimum atomic E-state index is 0.455. The van der Waals surface area contributed by atoms with Crippen LogP contribution in [0.4, 0.5) is 0 Å². The van der Waals surface area contributed by atoms with Gasteiger partial charge in [0.2, 0.25) is 12.8 Å². The number of hydrogen-bond acceptors (Lipinski definition) is 2. The zero-order valence-corrected chi connectivity index (χ0v) is 3.55. The third kappa shape index (κ3) is 4.94. The summed E-state index contributed by atoms with van der Waals surface area (Å²) in [5.74, 6) is 0. The minimum Gasteiger partial charge on any atom is -0.335 e. The van der Waals surface area contributed by atoms with Crippen LogP contribution in [0.15, 0.2) is 0 Å². The molecule has 39 valence electrons. The summed E-state index contributed by atoms with van der Waals surface area (Å²) in [4.78, 5) is 18.8. The minimum absolute atomic E-state index is 0.455. The summed E-state index contributed by atoms with van der Waals surface area (Å²) in [6.07, 6.45) is 0.910. The molecule has 7 heavy (non-hydrogen) atoms. The maximum atomic E-state index is 9.38. The molecule has 4 heteroatoms. The molecular formula is C3H5N2O2. The van der Waals surface area contributed by atoms with E-state index in [0.717, 1.165) is 6.67 Å². The fourth-order valence-electron chi connectivity index (χ4n) is 0.116. The zero-order valence-electron chi connectivity index (χ0n) is 3.55. The Morgan fingerprint density at radius 1 is 1.00 bits per heavy atom. The van der Waals surface area contributed by atoms with Crippen LogP contribution in [0.5, 0.6) is 0 Å². The Morgan fingerprint density at radius 2 is 1.43 bits per heavy atom. The van der Waals surface area contributed by atoms with Crippen LogP contribution in [0.1, 0.15) is 0 Å². The Bertz CT molecular complexity index is 56.0. The summed E-state index contributed by atoms with van der Waals surface area (Å²) in [5, 5.41) is 4.20. The van der Waals surface area contributed by atoms with Crippen molar-refractivity contribution in [2.45, 2.75) is 0 Å². The summed E-state index contributed by atoms with van der Waals surface area (Å²) >= 11 is 0. The van der Waals surface area contributed by atoms with Crippen LogP contribution in [0, 0.1) is 6.67 Å². The predicted octanol–water partition coefficient (Wildman–Crippen LogP) is -1.40. The van der Waals surface area contributed by atoms with Gasteiger partial charge in [-0.25, -0.2) is 0 Å². The highest BCUT2D eigenvalue weighted by Crippen LogP contribution is 1.46. The summed E-state index contributed by atoms with van der Waals surface area (Å²) in [6.45, 7) is 1.12. The van der Waals surface area contributed by atoms with Crippen molar-refractivity contribution in [3.8, 4) is 0 Å². The molecule has 0 rings (SSSR count). The molecule has 0 aliphatic heterocycles. The van der Waals surface area contributed by atoms with Gasteiger partial charge < -0.3 is 10.6 Å². The largest absolute Gasteiger partial charge is 0.335 e. The second kappa shape index (κ2) is 4.94. The van der Waals surface area contributed by atoms with E-state index in [-0.39, 0.29) is 0 Å². The van der Waals surface area contributed by atoms with Gasteiger partial charge in [0.05, 0.1) is 0 Å². The van der Waals surface area contributed by atoms with E-state index in [2.05, 4.69) is 10.6 Å². The van der Waals surface area contributed by atoms with Crippen LogP contribution >= 0.6 is 0 Å². The Hall–Kier alpha value is -1.06. The SMILES string of the molecule is O=CN[CH]NC=O. The number of rotatable bonds is 4. The molecule has 4 nitrogen and oxygen atoms in total. The molecule has 0 aliphatic carbocycles. The number of nitrogens with one attached hydrogen (secondary N) is 2. The fourth-order valence-corrected chi connectivity index (χ4v) is 0.116. The fraction of sp³-hybridized carbons (Fsp3) is 0. The molecule has 0 heterocycles. The van der Waals surface area contributed by atoms with E-state index in [0.29, 0.717) is 12.8 Å². The van der Waals surface area contributed by atoms with Gasteiger partial charge in [0, 0.05) is 0 Å². The second-order valence-electron chi connectivity index (χ2n) is 0.713. The van der Waals surface area contributed by atoms with Gasteiger partial charge in [-0.1, -0.05) is 0 Å². The third-order valence-electron chi connectivity index (χ3n) is 0.303. The highest BCUT2D eigenvalue weighted by molar-refractivity contribution is 5.51. The number of carbonyl (C=O) groups excluding carboxylic acids is 2. The Kier molecular flexibility index (Phi) is 4.19. The quantitative estimate of drug-likeness (QED) is 0.338. The maximum Gasteiger partial charge on any atom is 0.208 e. The highest BCUT2D eigenvalue weighted by Gasteiger charge is 1.72. The molecule has 0 fully saturated rings. The van der Waals surface area contributed by atoms with E-state index in [9.17, 15) is 9.59 Å². The van der Waals surface area contributed by atoms with Crippen molar-refractivity contribution >= 4 is 12.8 Å². The molecule has 0 saturated heterocycles. The van der Waals surface area contributed by atoms with Gasteiger partial charge in [-0.2, -0.15) is 0 Å². The molecule has 0 unspecified atom stereocenters. The zero-order chi connectivity index (χ0) is 5.54. The molecule has 0 aromatic heterocycles. The van der Waals surface area contributed by atoms with Crippen molar-refractivity contribution in [3.05, 3.63) is 6.67 Å². The van der Waals surface area contributed by atoms with Gasteiger partial charge in [-0.15, -0.1) is 0 Å². The van der Waals surface area contributed by atoms with Gasteiger partial charge >= 0.3 is 0 Å². The molecular weight excluding hydrogens is 96.0 g/mol. The third-order valence-corrected chi connectivity index (χ3v) is 0.303. The summed E-state index contributed by atoms with van der Waals surface area (Å²) in [6, 6.07) is 0. The lowest BCUT2D eigenvalue weighted by Crippen LogP contribution is -2.19. The van der Waals surface area contributed by atoms with Crippen molar-refractivity contribution in [1.82, 2.24) is 10.6 Å².